The lowest BCUT2D eigenvalue weighted by Gasteiger charge is -2.21. The van der Waals surface area contributed by atoms with Crippen LogP contribution in [-0.4, -0.2) is 29.8 Å². The van der Waals surface area contributed by atoms with Crippen molar-refractivity contribution >= 4 is 29.1 Å². The molecule has 1 heterocycles. The van der Waals surface area contributed by atoms with Gasteiger partial charge in [-0.25, -0.2) is 0 Å². The van der Waals surface area contributed by atoms with Gasteiger partial charge in [0.1, 0.15) is 5.76 Å². The summed E-state index contributed by atoms with van der Waals surface area (Å²) >= 11 is 6.14. The van der Waals surface area contributed by atoms with Gasteiger partial charge in [0.25, 0.3) is 11.8 Å². The molecule has 0 bridgehead atoms. The highest BCUT2D eigenvalue weighted by Gasteiger charge is 2.18. The molecule has 0 atom stereocenters. The van der Waals surface area contributed by atoms with Gasteiger partial charge in [-0.15, -0.1) is 0 Å². The first-order valence-electron chi connectivity index (χ1n) is 7.80. The molecule has 5 nitrogen and oxygen atoms in total. The van der Waals surface area contributed by atoms with E-state index in [4.69, 9.17) is 16.0 Å². The second-order valence-corrected chi connectivity index (χ2v) is 6.19. The van der Waals surface area contributed by atoms with E-state index in [1.54, 1.807) is 42.3 Å². The average molecular weight is 349 g/mol. The lowest BCUT2D eigenvalue weighted by Crippen LogP contribution is -2.33. The molecule has 1 aromatic heterocycles. The van der Waals surface area contributed by atoms with E-state index >= 15 is 0 Å². The highest BCUT2D eigenvalue weighted by atomic mass is 35.5. The molecule has 0 spiro atoms. The van der Waals surface area contributed by atoms with Gasteiger partial charge in [0, 0.05) is 25.1 Å². The van der Waals surface area contributed by atoms with Gasteiger partial charge in [0.2, 0.25) is 0 Å². The van der Waals surface area contributed by atoms with E-state index in [-0.39, 0.29) is 17.7 Å². The molecular weight excluding hydrogens is 328 g/mol. The fourth-order valence-corrected chi connectivity index (χ4v) is 2.23. The topological polar surface area (TPSA) is 62.6 Å². The average Bonchev–Trinajstić information content (AvgIpc) is 3.04. The SMILES string of the molecule is CCc1ccc(C(=O)Nc2cc(C(=O)N(C)C(C)C)ccc2Cl)o1. The Hall–Kier alpha value is -2.27. The molecule has 2 aromatic rings. The molecule has 0 aliphatic carbocycles. The zero-order chi connectivity index (χ0) is 17.9. The number of benzene rings is 1. The number of hydrogen-bond donors (Lipinski definition) is 1. The number of furan rings is 1. The molecule has 1 N–H and O–H groups in total. The Labute approximate surface area is 146 Å². The minimum atomic E-state index is -0.404. The van der Waals surface area contributed by atoms with Crippen LogP contribution < -0.4 is 5.32 Å². The van der Waals surface area contributed by atoms with Crippen molar-refractivity contribution in [2.75, 3.05) is 12.4 Å². The Morgan fingerprint density at radius 1 is 1.25 bits per heavy atom. The normalized spacial score (nSPS) is 10.8. The smallest absolute Gasteiger partial charge is 0.291 e. The fourth-order valence-electron chi connectivity index (χ4n) is 2.07. The second-order valence-electron chi connectivity index (χ2n) is 5.78. The van der Waals surface area contributed by atoms with Crippen LogP contribution in [0.4, 0.5) is 5.69 Å². The number of amides is 2. The standard InChI is InChI=1S/C18H21ClN2O3/c1-5-13-7-9-16(24-13)17(22)20-15-10-12(6-8-14(15)19)18(23)21(4)11(2)3/h6-11H,5H2,1-4H3,(H,20,22). The fraction of sp³-hybridized carbons (Fsp3) is 0.333. The van der Waals surface area contributed by atoms with Crippen molar-refractivity contribution in [3.63, 3.8) is 0 Å². The van der Waals surface area contributed by atoms with Crippen LogP contribution >= 0.6 is 11.6 Å². The van der Waals surface area contributed by atoms with Crippen LogP contribution in [0.1, 0.15) is 47.4 Å². The third-order valence-corrected chi connectivity index (χ3v) is 4.12. The highest BCUT2D eigenvalue weighted by Crippen LogP contribution is 2.25. The van der Waals surface area contributed by atoms with Crippen LogP contribution in [0.25, 0.3) is 0 Å². The number of carbonyl (C=O) groups is 2. The number of nitrogens with zero attached hydrogens (tertiary/aromatic N) is 1. The molecule has 24 heavy (non-hydrogen) atoms. The molecule has 0 aliphatic rings. The summed E-state index contributed by atoms with van der Waals surface area (Å²) in [5, 5.41) is 3.05. The van der Waals surface area contributed by atoms with Gasteiger partial charge in [0.05, 0.1) is 10.7 Å². The summed E-state index contributed by atoms with van der Waals surface area (Å²) in [4.78, 5) is 26.3. The summed E-state index contributed by atoms with van der Waals surface area (Å²) in [6, 6.07) is 8.25. The summed E-state index contributed by atoms with van der Waals surface area (Å²) < 4.78 is 5.42. The van der Waals surface area contributed by atoms with E-state index in [2.05, 4.69) is 5.32 Å². The first kappa shape index (κ1) is 18.1. The largest absolute Gasteiger partial charge is 0.456 e. The van der Waals surface area contributed by atoms with Crippen LogP contribution in [0.3, 0.4) is 0 Å². The summed E-state index contributed by atoms with van der Waals surface area (Å²) in [7, 11) is 1.73. The predicted molar refractivity (Wildman–Crippen MR) is 94.7 cm³/mol. The summed E-state index contributed by atoms with van der Waals surface area (Å²) in [5.74, 6) is 0.398. The number of halogens is 1. The zero-order valence-corrected chi connectivity index (χ0v) is 15.0. The molecule has 6 heteroatoms. The van der Waals surface area contributed by atoms with Crippen LogP contribution in [-0.2, 0) is 6.42 Å². The maximum atomic E-state index is 12.4. The molecule has 0 aliphatic heterocycles. The zero-order valence-electron chi connectivity index (χ0n) is 14.2. The monoisotopic (exact) mass is 348 g/mol. The molecule has 0 saturated heterocycles. The highest BCUT2D eigenvalue weighted by molar-refractivity contribution is 6.34. The van der Waals surface area contributed by atoms with Crippen molar-refractivity contribution in [2.24, 2.45) is 0 Å². The number of carbonyl (C=O) groups excluding carboxylic acids is 2. The molecule has 128 valence electrons. The van der Waals surface area contributed by atoms with Crippen molar-refractivity contribution in [1.29, 1.82) is 0 Å². The van der Waals surface area contributed by atoms with Crippen LogP contribution in [0.2, 0.25) is 5.02 Å². The molecule has 0 fully saturated rings. The summed E-state index contributed by atoms with van der Waals surface area (Å²) in [6.07, 6.45) is 0.708. The van der Waals surface area contributed by atoms with Crippen LogP contribution in [0.15, 0.2) is 34.7 Å². The van der Waals surface area contributed by atoms with E-state index in [9.17, 15) is 9.59 Å². The maximum absolute atomic E-state index is 12.4. The first-order chi connectivity index (χ1) is 11.3. The molecule has 2 rings (SSSR count). The van der Waals surface area contributed by atoms with Crippen molar-refractivity contribution in [3.05, 3.63) is 52.4 Å². The summed E-state index contributed by atoms with van der Waals surface area (Å²) in [6.45, 7) is 5.80. The van der Waals surface area contributed by atoms with E-state index in [0.717, 1.165) is 5.76 Å². The van der Waals surface area contributed by atoms with Crippen molar-refractivity contribution in [2.45, 2.75) is 33.2 Å². The Morgan fingerprint density at radius 3 is 2.54 bits per heavy atom. The van der Waals surface area contributed by atoms with E-state index in [1.165, 1.54) is 0 Å². The molecule has 2 amide bonds. The van der Waals surface area contributed by atoms with Gasteiger partial charge < -0.3 is 14.6 Å². The maximum Gasteiger partial charge on any atom is 0.291 e. The van der Waals surface area contributed by atoms with Crippen molar-refractivity contribution in [3.8, 4) is 0 Å². The molecule has 0 radical (unpaired) electrons. The number of nitrogens with one attached hydrogen (secondary N) is 1. The Bertz CT molecular complexity index is 752. The van der Waals surface area contributed by atoms with E-state index in [0.29, 0.717) is 22.7 Å². The van der Waals surface area contributed by atoms with Gasteiger partial charge in [-0.05, 0) is 44.2 Å². The third kappa shape index (κ3) is 3.97. The first-order valence-corrected chi connectivity index (χ1v) is 8.18. The Kier molecular flexibility index (Phi) is 5.67. The number of aryl methyl sites for hydroxylation is 1. The van der Waals surface area contributed by atoms with Gasteiger partial charge in [-0.1, -0.05) is 18.5 Å². The Balaban J connectivity index is 2.22. The van der Waals surface area contributed by atoms with Gasteiger partial charge in [0.15, 0.2) is 5.76 Å². The van der Waals surface area contributed by atoms with Gasteiger partial charge in [-0.3, -0.25) is 9.59 Å². The van der Waals surface area contributed by atoms with Gasteiger partial charge in [-0.2, -0.15) is 0 Å². The van der Waals surface area contributed by atoms with Crippen molar-refractivity contribution in [1.82, 2.24) is 4.90 Å². The third-order valence-electron chi connectivity index (χ3n) is 3.79. The quantitative estimate of drug-likeness (QED) is 0.879. The number of rotatable bonds is 5. The van der Waals surface area contributed by atoms with E-state index in [1.807, 2.05) is 20.8 Å². The lowest BCUT2D eigenvalue weighted by atomic mass is 10.1. The predicted octanol–water partition coefficient (Wildman–Crippen LogP) is 4.23. The minimum absolute atomic E-state index is 0.0711. The molecule has 1 aromatic carbocycles. The number of hydrogen-bond acceptors (Lipinski definition) is 3. The molecule has 0 saturated carbocycles. The second kappa shape index (κ2) is 7.53. The molecular formula is C18H21ClN2O3. The van der Waals surface area contributed by atoms with Gasteiger partial charge >= 0.3 is 0 Å². The van der Waals surface area contributed by atoms with Crippen molar-refractivity contribution < 1.29 is 14.0 Å². The van der Waals surface area contributed by atoms with Crippen LogP contribution in [0, 0.1) is 0 Å². The minimum Gasteiger partial charge on any atom is -0.456 e. The Morgan fingerprint density at radius 2 is 1.96 bits per heavy atom. The lowest BCUT2D eigenvalue weighted by molar-refractivity contribution is 0.0754. The van der Waals surface area contributed by atoms with E-state index < -0.39 is 5.91 Å². The summed E-state index contributed by atoms with van der Waals surface area (Å²) in [5.41, 5.74) is 0.832. The van der Waals surface area contributed by atoms with Crippen LogP contribution in [0.5, 0.6) is 0 Å². The molecule has 0 unspecified atom stereocenters. The number of anilines is 1.